The number of hydrogen-bond donors (Lipinski definition) is 2. The molecule has 1 heterocycles. The molecule has 0 spiro atoms. The molecule has 0 atom stereocenters. The summed E-state index contributed by atoms with van der Waals surface area (Å²) in [7, 11) is 0. The molecule has 1 fully saturated rings. The molecule has 1 saturated heterocycles. The Morgan fingerprint density at radius 2 is 2.25 bits per heavy atom. The van der Waals surface area contributed by atoms with Crippen molar-refractivity contribution in [3.8, 4) is 0 Å². The third kappa shape index (κ3) is 2.60. The zero-order valence-corrected chi connectivity index (χ0v) is 12.9. The predicted molar refractivity (Wildman–Crippen MR) is 78.9 cm³/mol. The van der Waals surface area contributed by atoms with Crippen LogP contribution in [-0.4, -0.2) is 36.3 Å². The van der Waals surface area contributed by atoms with E-state index in [1.54, 1.807) is 12.1 Å². The van der Waals surface area contributed by atoms with Crippen LogP contribution in [0, 0.1) is 5.82 Å². The number of amidine groups is 1. The SMILES string of the molecule is CC1(C)COCCN1c1ccc(/C(N)=N/O)c(Br)c1F. The van der Waals surface area contributed by atoms with Crippen molar-refractivity contribution in [2.24, 2.45) is 10.9 Å². The van der Waals surface area contributed by atoms with E-state index in [1.807, 2.05) is 18.7 Å². The Morgan fingerprint density at radius 3 is 2.85 bits per heavy atom. The lowest BCUT2D eigenvalue weighted by Crippen LogP contribution is -2.53. The molecule has 1 aliphatic rings. The molecule has 0 radical (unpaired) electrons. The van der Waals surface area contributed by atoms with Crippen LogP contribution in [0.2, 0.25) is 0 Å². The zero-order valence-electron chi connectivity index (χ0n) is 11.4. The Balaban J connectivity index is 2.46. The second-order valence-corrected chi connectivity index (χ2v) is 6.06. The molecule has 2 rings (SSSR count). The minimum Gasteiger partial charge on any atom is -0.409 e. The van der Waals surface area contributed by atoms with Gasteiger partial charge in [0.1, 0.15) is 0 Å². The average molecular weight is 346 g/mol. The van der Waals surface area contributed by atoms with Crippen LogP contribution in [0.4, 0.5) is 10.1 Å². The summed E-state index contributed by atoms with van der Waals surface area (Å²) in [6.45, 7) is 5.70. The molecule has 110 valence electrons. The predicted octanol–water partition coefficient (Wildman–Crippen LogP) is 2.30. The zero-order chi connectivity index (χ0) is 14.9. The first-order valence-corrected chi connectivity index (χ1v) is 6.99. The summed E-state index contributed by atoms with van der Waals surface area (Å²) in [5.41, 5.74) is 6.01. The topological polar surface area (TPSA) is 71.1 Å². The van der Waals surface area contributed by atoms with E-state index in [0.717, 1.165) is 0 Å². The Morgan fingerprint density at radius 1 is 1.55 bits per heavy atom. The molecule has 0 unspecified atom stereocenters. The van der Waals surface area contributed by atoms with Gasteiger partial charge in [-0.1, -0.05) is 5.16 Å². The van der Waals surface area contributed by atoms with Gasteiger partial charge >= 0.3 is 0 Å². The Hall–Kier alpha value is -1.34. The molecule has 0 aromatic heterocycles. The van der Waals surface area contributed by atoms with Crippen molar-refractivity contribution >= 4 is 27.5 Å². The average Bonchev–Trinajstić information content (AvgIpc) is 2.41. The lowest BCUT2D eigenvalue weighted by atomic mass is 10.0. The molecule has 0 bridgehead atoms. The van der Waals surface area contributed by atoms with Crippen LogP contribution in [0.25, 0.3) is 0 Å². The number of anilines is 1. The minimum absolute atomic E-state index is 0.136. The largest absolute Gasteiger partial charge is 0.409 e. The second-order valence-electron chi connectivity index (χ2n) is 5.26. The summed E-state index contributed by atoms with van der Waals surface area (Å²) in [6.07, 6.45) is 0. The van der Waals surface area contributed by atoms with E-state index >= 15 is 0 Å². The van der Waals surface area contributed by atoms with Gasteiger partial charge in [-0.15, -0.1) is 0 Å². The highest BCUT2D eigenvalue weighted by atomic mass is 79.9. The fourth-order valence-electron chi connectivity index (χ4n) is 2.30. The van der Waals surface area contributed by atoms with Gasteiger partial charge in [-0.2, -0.15) is 0 Å². The number of benzene rings is 1. The van der Waals surface area contributed by atoms with Gasteiger partial charge in [0, 0.05) is 12.1 Å². The first-order valence-electron chi connectivity index (χ1n) is 6.20. The van der Waals surface area contributed by atoms with Gasteiger partial charge in [0.2, 0.25) is 0 Å². The maximum absolute atomic E-state index is 14.6. The highest BCUT2D eigenvalue weighted by Gasteiger charge is 2.33. The number of nitrogens with zero attached hydrogens (tertiary/aromatic N) is 2. The van der Waals surface area contributed by atoms with Crippen molar-refractivity contribution in [1.29, 1.82) is 0 Å². The number of hydrogen-bond acceptors (Lipinski definition) is 4. The third-order valence-corrected chi connectivity index (χ3v) is 4.16. The number of morpholine rings is 1. The smallest absolute Gasteiger partial charge is 0.171 e. The fourth-order valence-corrected chi connectivity index (χ4v) is 2.84. The molecule has 20 heavy (non-hydrogen) atoms. The fraction of sp³-hybridized carbons (Fsp3) is 0.462. The number of halogens is 2. The first kappa shape index (κ1) is 15.1. The molecular weight excluding hydrogens is 329 g/mol. The molecule has 0 aliphatic carbocycles. The van der Waals surface area contributed by atoms with Crippen molar-refractivity contribution in [2.45, 2.75) is 19.4 Å². The van der Waals surface area contributed by atoms with Gasteiger partial charge in [-0.25, -0.2) is 4.39 Å². The first-order chi connectivity index (χ1) is 9.38. The molecule has 7 heteroatoms. The van der Waals surface area contributed by atoms with Crippen molar-refractivity contribution in [2.75, 3.05) is 24.7 Å². The Kier molecular flexibility index (Phi) is 4.19. The van der Waals surface area contributed by atoms with E-state index in [1.165, 1.54) is 0 Å². The molecule has 1 aromatic carbocycles. The minimum atomic E-state index is -0.427. The quantitative estimate of drug-likeness (QED) is 0.373. The van der Waals surface area contributed by atoms with Crippen molar-refractivity contribution in [1.82, 2.24) is 0 Å². The summed E-state index contributed by atoms with van der Waals surface area (Å²) < 4.78 is 20.2. The highest BCUT2D eigenvalue weighted by molar-refractivity contribution is 9.10. The van der Waals surface area contributed by atoms with E-state index < -0.39 is 5.82 Å². The van der Waals surface area contributed by atoms with Crippen molar-refractivity contribution < 1.29 is 14.3 Å². The van der Waals surface area contributed by atoms with E-state index in [9.17, 15) is 4.39 Å². The molecular formula is C13H17BrFN3O2. The summed E-state index contributed by atoms with van der Waals surface area (Å²) in [5, 5.41) is 11.6. The standard InChI is InChI=1S/C13H17BrFN3O2/c1-13(2)7-20-6-5-18(13)9-4-3-8(12(16)17-19)10(14)11(9)15/h3-4,19H,5-7H2,1-2H3,(H2,16,17). The monoisotopic (exact) mass is 345 g/mol. The molecule has 0 amide bonds. The highest BCUT2D eigenvalue weighted by Crippen LogP contribution is 2.34. The Labute approximate surface area is 125 Å². The van der Waals surface area contributed by atoms with Crippen LogP contribution < -0.4 is 10.6 Å². The van der Waals surface area contributed by atoms with Gasteiger partial charge in [0.25, 0.3) is 0 Å². The third-order valence-electron chi connectivity index (χ3n) is 3.38. The van der Waals surface area contributed by atoms with Gasteiger partial charge in [0.15, 0.2) is 11.7 Å². The van der Waals surface area contributed by atoms with Gasteiger partial charge in [-0.05, 0) is 41.9 Å². The lowest BCUT2D eigenvalue weighted by Gasteiger charge is -2.44. The van der Waals surface area contributed by atoms with Crippen LogP contribution in [-0.2, 0) is 4.74 Å². The van der Waals surface area contributed by atoms with Crippen LogP contribution in [0.15, 0.2) is 21.8 Å². The maximum atomic E-state index is 14.6. The van der Waals surface area contributed by atoms with Crippen LogP contribution in [0.1, 0.15) is 19.4 Å². The number of oxime groups is 1. The molecule has 0 saturated carbocycles. The van der Waals surface area contributed by atoms with Crippen molar-refractivity contribution in [3.63, 3.8) is 0 Å². The van der Waals surface area contributed by atoms with Gasteiger partial charge in [-0.3, -0.25) is 0 Å². The second kappa shape index (κ2) is 5.57. The molecule has 5 nitrogen and oxygen atoms in total. The van der Waals surface area contributed by atoms with Crippen LogP contribution >= 0.6 is 15.9 Å². The number of rotatable bonds is 2. The van der Waals surface area contributed by atoms with Gasteiger partial charge < -0.3 is 20.6 Å². The molecule has 1 aliphatic heterocycles. The summed E-state index contributed by atoms with van der Waals surface area (Å²) >= 11 is 3.17. The molecule has 1 aromatic rings. The van der Waals surface area contributed by atoms with Crippen LogP contribution in [0.3, 0.4) is 0 Å². The van der Waals surface area contributed by atoms with E-state index in [2.05, 4.69) is 21.1 Å². The van der Waals surface area contributed by atoms with E-state index in [4.69, 9.17) is 15.7 Å². The summed E-state index contributed by atoms with van der Waals surface area (Å²) in [4.78, 5) is 1.96. The van der Waals surface area contributed by atoms with Crippen molar-refractivity contribution in [3.05, 3.63) is 28.0 Å². The van der Waals surface area contributed by atoms with Crippen LogP contribution in [0.5, 0.6) is 0 Å². The summed E-state index contributed by atoms with van der Waals surface area (Å²) in [5.74, 6) is -0.562. The molecule has 3 N–H and O–H groups in total. The van der Waals surface area contributed by atoms with E-state index in [-0.39, 0.29) is 15.8 Å². The lowest BCUT2D eigenvalue weighted by molar-refractivity contribution is 0.0640. The Bertz CT molecular complexity index is 549. The normalized spacial score (nSPS) is 19.2. The van der Waals surface area contributed by atoms with E-state index in [0.29, 0.717) is 31.0 Å². The number of nitrogens with two attached hydrogens (primary N) is 1. The van der Waals surface area contributed by atoms with Gasteiger partial charge in [0.05, 0.1) is 28.9 Å². The number of ether oxygens (including phenoxy) is 1. The maximum Gasteiger partial charge on any atom is 0.171 e. The summed E-state index contributed by atoms with van der Waals surface area (Å²) in [6, 6.07) is 3.27.